The lowest BCUT2D eigenvalue weighted by Gasteiger charge is -2.34. The normalized spacial score (nSPS) is 15.1. The molecule has 0 atom stereocenters. The van der Waals surface area contributed by atoms with Crippen molar-refractivity contribution in [3.8, 4) is 0 Å². The van der Waals surface area contributed by atoms with Crippen molar-refractivity contribution in [3.63, 3.8) is 0 Å². The van der Waals surface area contributed by atoms with Crippen molar-refractivity contribution in [1.29, 1.82) is 0 Å². The van der Waals surface area contributed by atoms with Gasteiger partial charge in [-0.05, 0) is 0 Å². The van der Waals surface area contributed by atoms with Crippen LogP contribution in [-0.4, -0.2) is 65.9 Å². The predicted octanol–water partition coefficient (Wildman–Crippen LogP) is 0.435. The van der Waals surface area contributed by atoms with Crippen LogP contribution in [0.15, 0.2) is 4.34 Å². The molecule has 116 valence electrons. The zero-order valence-corrected chi connectivity index (χ0v) is 13.8. The van der Waals surface area contributed by atoms with Crippen LogP contribution in [0, 0.1) is 0 Å². The molecule has 0 bridgehead atoms. The minimum atomic E-state index is -0.0246. The third-order valence-corrected chi connectivity index (χ3v) is 5.32. The third-order valence-electron chi connectivity index (χ3n) is 3.21. The SMILES string of the molecule is CCC(=O)N1CCN(c2nnc(SCC(=O)NC)s2)CC1. The lowest BCUT2D eigenvalue weighted by Crippen LogP contribution is -2.48. The number of rotatable bonds is 5. The summed E-state index contributed by atoms with van der Waals surface area (Å²) >= 11 is 2.88. The number of carbonyl (C=O) groups excluding carboxylic acids is 2. The number of hydrogen-bond acceptors (Lipinski definition) is 7. The van der Waals surface area contributed by atoms with E-state index in [4.69, 9.17) is 0 Å². The Labute approximate surface area is 132 Å². The average Bonchev–Trinajstić information content (AvgIpc) is 3.00. The van der Waals surface area contributed by atoms with Crippen LogP contribution in [0.4, 0.5) is 5.13 Å². The molecule has 21 heavy (non-hydrogen) atoms. The quantitative estimate of drug-likeness (QED) is 0.790. The molecule has 0 saturated carbocycles. The molecule has 0 unspecified atom stereocenters. The van der Waals surface area contributed by atoms with E-state index in [-0.39, 0.29) is 11.8 Å². The van der Waals surface area contributed by atoms with Crippen molar-refractivity contribution in [1.82, 2.24) is 20.4 Å². The van der Waals surface area contributed by atoms with Crippen molar-refractivity contribution in [2.45, 2.75) is 17.7 Å². The lowest BCUT2D eigenvalue weighted by molar-refractivity contribution is -0.131. The highest BCUT2D eigenvalue weighted by Crippen LogP contribution is 2.28. The summed E-state index contributed by atoms with van der Waals surface area (Å²) in [6, 6.07) is 0. The smallest absolute Gasteiger partial charge is 0.230 e. The monoisotopic (exact) mass is 329 g/mol. The summed E-state index contributed by atoms with van der Waals surface area (Å²) in [7, 11) is 1.62. The Morgan fingerprint density at radius 1 is 1.29 bits per heavy atom. The number of nitrogens with zero attached hydrogens (tertiary/aromatic N) is 4. The topological polar surface area (TPSA) is 78.4 Å². The van der Waals surface area contributed by atoms with Gasteiger partial charge in [0.1, 0.15) is 0 Å². The number of carbonyl (C=O) groups is 2. The van der Waals surface area contributed by atoms with Crippen molar-refractivity contribution in [2.24, 2.45) is 0 Å². The Morgan fingerprint density at radius 2 is 2.00 bits per heavy atom. The summed E-state index contributed by atoms with van der Waals surface area (Å²) in [6.07, 6.45) is 0.555. The van der Waals surface area contributed by atoms with Crippen LogP contribution in [-0.2, 0) is 9.59 Å². The average molecular weight is 329 g/mol. The summed E-state index contributed by atoms with van der Waals surface area (Å²) < 4.78 is 0.792. The summed E-state index contributed by atoms with van der Waals surface area (Å²) in [5.74, 6) is 0.529. The van der Waals surface area contributed by atoms with E-state index in [1.54, 1.807) is 7.05 Å². The fourth-order valence-corrected chi connectivity index (χ4v) is 3.72. The molecule has 2 heterocycles. The van der Waals surface area contributed by atoms with Crippen LogP contribution < -0.4 is 10.2 Å². The molecule has 2 amide bonds. The second-order valence-electron chi connectivity index (χ2n) is 4.53. The van der Waals surface area contributed by atoms with Gasteiger partial charge in [-0.15, -0.1) is 10.2 Å². The number of thioether (sulfide) groups is 1. The molecule has 9 heteroatoms. The third kappa shape index (κ3) is 4.31. The summed E-state index contributed by atoms with van der Waals surface area (Å²) in [4.78, 5) is 26.9. The Bertz CT molecular complexity index is 500. The number of piperazine rings is 1. The maximum atomic E-state index is 11.6. The van der Waals surface area contributed by atoms with Gasteiger partial charge in [0.25, 0.3) is 0 Å². The number of hydrogen-bond donors (Lipinski definition) is 1. The van der Waals surface area contributed by atoms with Gasteiger partial charge in [0.05, 0.1) is 5.75 Å². The molecular formula is C12H19N5O2S2. The standard InChI is InChI=1S/C12H19N5O2S2/c1-3-10(19)16-4-6-17(7-5-16)11-14-15-12(21-11)20-8-9(18)13-2/h3-8H2,1-2H3,(H,13,18). The predicted molar refractivity (Wildman–Crippen MR) is 83.8 cm³/mol. The molecule has 0 aliphatic carbocycles. The van der Waals surface area contributed by atoms with E-state index < -0.39 is 0 Å². The van der Waals surface area contributed by atoms with Crippen molar-refractivity contribution in [3.05, 3.63) is 0 Å². The fourth-order valence-electron chi connectivity index (χ4n) is 1.96. The minimum Gasteiger partial charge on any atom is -0.358 e. The van der Waals surface area contributed by atoms with E-state index in [9.17, 15) is 9.59 Å². The van der Waals surface area contributed by atoms with E-state index in [2.05, 4.69) is 20.4 Å². The van der Waals surface area contributed by atoms with Gasteiger partial charge < -0.3 is 15.1 Å². The van der Waals surface area contributed by atoms with Gasteiger partial charge in [0, 0.05) is 39.6 Å². The van der Waals surface area contributed by atoms with Gasteiger partial charge in [0.2, 0.25) is 16.9 Å². The first-order valence-corrected chi connectivity index (χ1v) is 8.63. The van der Waals surface area contributed by atoms with Crippen LogP contribution >= 0.6 is 23.1 Å². The molecule has 2 rings (SSSR count). The Morgan fingerprint density at radius 3 is 2.62 bits per heavy atom. The largest absolute Gasteiger partial charge is 0.358 e. The van der Waals surface area contributed by atoms with E-state index in [1.165, 1.54) is 23.1 Å². The first-order chi connectivity index (χ1) is 10.1. The van der Waals surface area contributed by atoms with E-state index in [1.807, 2.05) is 11.8 Å². The van der Waals surface area contributed by atoms with E-state index in [0.29, 0.717) is 12.2 Å². The minimum absolute atomic E-state index is 0.0246. The van der Waals surface area contributed by atoms with Crippen LogP contribution in [0.5, 0.6) is 0 Å². The highest BCUT2D eigenvalue weighted by Gasteiger charge is 2.22. The summed E-state index contributed by atoms with van der Waals surface area (Å²) in [6.45, 7) is 4.90. The molecular weight excluding hydrogens is 310 g/mol. The maximum Gasteiger partial charge on any atom is 0.230 e. The molecule has 1 N–H and O–H groups in total. The molecule has 1 saturated heterocycles. The zero-order valence-electron chi connectivity index (χ0n) is 12.2. The van der Waals surface area contributed by atoms with Crippen molar-refractivity contribution < 1.29 is 9.59 Å². The Hall–Kier alpha value is -1.35. The number of anilines is 1. The molecule has 1 aromatic rings. The van der Waals surface area contributed by atoms with Crippen LogP contribution in [0.25, 0.3) is 0 Å². The van der Waals surface area contributed by atoms with Gasteiger partial charge >= 0.3 is 0 Å². The van der Waals surface area contributed by atoms with Gasteiger partial charge in [-0.1, -0.05) is 30.0 Å². The highest BCUT2D eigenvalue weighted by atomic mass is 32.2. The highest BCUT2D eigenvalue weighted by molar-refractivity contribution is 8.01. The molecule has 0 radical (unpaired) electrons. The molecule has 1 aromatic heterocycles. The first-order valence-electron chi connectivity index (χ1n) is 6.83. The number of aromatic nitrogens is 2. The van der Waals surface area contributed by atoms with Gasteiger partial charge in [0.15, 0.2) is 4.34 Å². The molecule has 0 aromatic carbocycles. The maximum absolute atomic E-state index is 11.6. The number of nitrogens with one attached hydrogen (secondary N) is 1. The lowest BCUT2D eigenvalue weighted by atomic mass is 10.3. The molecule has 1 aliphatic rings. The number of amides is 2. The second kappa shape index (κ2) is 7.60. The van der Waals surface area contributed by atoms with E-state index in [0.717, 1.165) is 35.7 Å². The van der Waals surface area contributed by atoms with Crippen molar-refractivity contribution in [2.75, 3.05) is 43.9 Å². The summed E-state index contributed by atoms with van der Waals surface area (Å²) in [5, 5.41) is 11.7. The van der Waals surface area contributed by atoms with Crippen LogP contribution in [0.2, 0.25) is 0 Å². The molecule has 1 fully saturated rings. The summed E-state index contributed by atoms with van der Waals surface area (Å²) in [5.41, 5.74) is 0. The van der Waals surface area contributed by atoms with Crippen LogP contribution in [0.1, 0.15) is 13.3 Å². The second-order valence-corrected chi connectivity index (χ2v) is 6.71. The molecule has 1 aliphatic heterocycles. The zero-order chi connectivity index (χ0) is 15.2. The van der Waals surface area contributed by atoms with Gasteiger partial charge in [-0.3, -0.25) is 9.59 Å². The van der Waals surface area contributed by atoms with Gasteiger partial charge in [-0.25, -0.2) is 0 Å². The van der Waals surface area contributed by atoms with E-state index >= 15 is 0 Å². The molecule has 0 spiro atoms. The Balaban J connectivity index is 1.85. The fraction of sp³-hybridized carbons (Fsp3) is 0.667. The van der Waals surface area contributed by atoms with Crippen LogP contribution in [0.3, 0.4) is 0 Å². The molecule has 7 nitrogen and oxygen atoms in total. The first kappa shape index (κ1) is 16.0. The van der Waals surface area contributed by atoms with Gasteiger partial charge in [-0.2, -0.15) is 0 Å². The Kier molecular flexibility index (Phi) is 5.80. The van der Waals surface area contributed by atoms with Crippen molar-refractivity contribution >= 4 is 40.0 Å².